The predicted octanol–water partition coefficient (Wildman–Crippen LogP) is 2.07. The van der Waals surface area contributed by atoms with Gasteiger partial charge in [-0.2, -0.15) is 0 Å². The third-order valence-corrected chi connectivity index (χ3v) is 3.15. The molecule has 0 atom stereocenters. The maximum atomic E-state index is 11.0. The van der Waals surface area contributed by atoms with Crippen molar-refractivity contribution in [3.8, 4) is 5.75 Å². The number of aromatic carboxylic acids is 1. The SMILES string of the molecule is O=C(O)c1ccccc1OCC1(O)CCCC1. The summed E-state index contributed by atoms with van der Waals surface area (Å²) < 4.78 is 5.45. The lowest BCUT2D eigenvalue weighted by Gasteiger charge is -2.22. The lowest BCUT2D eigenvalue weighted by molar-refractivity contribution is 0.000906. The molecule has 1 saturated carbocycles. The molecule has 0 radical (unpaired) electrons. The number of benzene rings is 1. The van der Waals surface area contributed by atoms with E-state index in [1.54, 1.807) is 18.2 Å². The van der Waals surface area contributed by atoms with Crippen molar-refractivity contribution in [2.45, 2.75) is 31.3 Å². The summed E-state index contributed by atoms with van der Waals surface area (Å²) in [7, 11) is 0. The highest BCUT2D eigenvalue weighted by Crippen LogP contribution is 2.30. The van der Waals surface area contributed by atoms with Crippen LogP contribution in [0.4, 0.5) is 0 Å². The minimum atomic E-state index is -1.01. The largest absolute Gasteiger partial charge is 0.490 e. The third-order valence-electron chi connectivity index (χ3n) is 3.15. The van der Waals surface area contributed by atoms with Gasteiger partial charge in [-0.05, 0) is 25.0 Å². The third kappa shape index (κ3) is 2.77. The molecule has 4 nitrogen and oxygen atoms in total. The molecule has 0 unspecified atom stereocenters. The second-order valence-corrected chi connectivity index (χ2v) is 4.52. The Bertz CT molecular complexity index is 408. The Balaban J connectivity index is 2.06. The zero-order valence-corrected chi connectivity index (χ0v) is 9.56. The second kappa shape index (κ2) is 4.75. The fourth-order valence-corrected chi connectivity index (χ4v) is 2.16. The minimum Gasteiger partial charge on any atom is -0.490 e. The molecule has 1 aliphatic carbocycles. The van der Waals surface area contributed by atoms with E-state index in [9.17, 15) is 9.90 Å². The van der Waals surface area contributed by atoms with Gasteiger partial charge in [-0.3, -0.25) is 0 Å². The molecular weight excluding hydrogens is 220 g/mol. The summed E-state index contributed by atoms with van der Waals surface area (Å²) in [6.07, 6.45) is 3.45. The highest BCUT2D eigenvalue weighted by Gasteiger charge is 2.32. The Morgan fingerprint density at radius 2 is 1.94 bits per heavy atom. The number of ether oxygens (including phenoxy) is 1. The zero-order chi connectivity index (χ0) is 12.3. The van der Waals surface area contributed by atoms with Crippen LogP contribution < -0.4 is 4.74 Å². The van der Waals surface area contributed by atoms with Crippen LogP contribution in [0.15, 0.2) is 24.3 Å². The van der Waals surface area contributed by atoms with Crippen LogP contribution in [0.3, 0.4) is 0 Å². The van der Waals surface area contributed by atoms with Crippen molar-refractivity contribution in [3.05, 3.63) is 29.8 Å². The first-order chi connectivity index (χ1) is 8.11. The topological polar surface area (TPSA) is 66.8 Å². The predicted molar refractivity (Wildman–Crippen MR) is 62.3 cm³/mol. The average Bonchev–Trinajstić information content (AvgIpc) is 2.74. The van der Waals surface area contributed by atoms with Gasteiger partial charge in [-0.15, -0.1) is 0 Å². The maximum absolute atomic E-state index is 11.0. The molecule has 0 saturated heterocycles. The molecular formula is C13H16O4. The molecule has 92 valence electrons. The summed E-state index contributed by atoms with van der Waals surface area (Å²) in [6, 6.07) is 6.49. The van der Waals surface area contributed by atoms with Gasteiger partial charge in [0.05, 0.1) is 5.60 Å². The van der Waals surface area contributed by atoms with Crippen LogP contribution in [0.2, 0.25) is 0 Å². The summed E-state index contributed by atoms with van der Waals surface area (Å²) in [5, 5.41) is 19.1. The Labute approximate surface area is 99.8 Å². The molecule has 4 heteroatoms. The molecule has 0 bridgehead atoms. The number of carboxylic acids is 1. The molecule has 0 aromatic heterocycles. The lowest BCUT2D eigenvalue weighted by atomic mass is 10.0. The lowest BCUT2D eigenvalue weighted by Crippen LogP contribution is -2.32. The zero-order valence-electron chi connectivity index (χ0n) is 9.56. The highest BCUT2D eigenvalue weighted by molar-refractivity contribution is 5.90. The first-order valence-corrected chi connectivity index (χ1v) is 5.78. The van der Waals surface area contributed by atoms with Gasteiger partial charge < -0.3 is 14.9 Å². The minimum absolute atomic E-state index is 0.133. The van der Waals surface area contributed by atoms with E-state index < -0.39 is 11.6 Å². The van der Waals surface area contributed by atoms with E-state index in [2.05, 4.69) is 0 Å². The van der Waals surface area contributed by atoms with Crippen LogP contribution in [0.1, 0.15) is 36.0 Å². The van der Waals surface area contributed by atoms with Crippen LogP contribution >= 0.6 is 0 Å². The summed E-state index contributed by atoms with van der Waals surface area (Å²) in [4.78, 5) is 11.0. The molecule has 0 aliphatic heterocycles. The van der Waals surface area contributed by atoms with Crippen molar-refractivity contribution >= 4 is 5.97 Å². The van der Waals surface area contributed by atoms with Crippen LogP contribution in [0.5, 0.6) is 5.75 Å². The van der Waals surface area contributed by atoms with E-state index in [1.165, 1.54) is 6.07 Å². The first-order valence-electron chi connectivity index (χ1n) is 5.78. The molecule has 0 amide bonds. The molecule has 0 spiro atoms. The Hall–Kier alpha value is -1.55. The number of carboxylic acid groups (broad SMARTS) is 1. The highest BCUT2D eigenvalue weighted by atomic mass is 16.5. The smallest absolute Gasteiger partial charge is 0.339 e. The normalized spacial score (nSPS) is 17.9. The van der Waals surface area contributed by atoms with Gasteiger partial charge in [0.2, 0.25) is 0 Å². The standard InChI is InChI=1S/C13H16O4/c14-12(15)10-5-1-2-6-11(10)17-9-13(16)7-3-4-8-13/h1-2,5-6,16H,3-4,7-9H2,(H,14,15). The molecule has 2 N–H and O–H groups in total. The second-order valence-electron chi connectivity index (χ2n) is 4.52. The van der Waals surface area contributed by atoms with Crippen molar-refractivity contribution in [1.82, 2.24) is 0 Å². The Morgan fingerprint density at radius 3 is 2.59 bits per heavy atom. The summed E-state index contributed by atoms with van der Waals surface area (Å²) >= 11 is 0. The van der Waals surface area contributed by atoms with E-state index in [0.29, 0.717) is 5.75 Å². The van der Waals surface area contributed by atoms with Crippen LogP contribution in [-0.4, -0.2) is 28.4 Å². The van der Waals surface area contributed by atoms with Crippen molar-refractivity contribution in [1.29, 1.82) is 0 Å². The fraction of sp³-hybridized carbons (Fsp3) is 0.462. The number of hydrogen-bond acceptors (Lipinski definition) is 3. The number of aliphatic hydroxyl groups is 1. The van der Waals surface area contributed by atoms with Crippen molar-refractivity contribution in [2.24, 2.45) is 0 Å². The van der Waals surface area contributed by atoms with E-state index in [-0.39, 0.29) is 12.2 Å². The average molecular weight is 236 g/mol. The molecule has 1 aromatic rings. The van der Waals surface area contributed by atoms with Gasteiger partial charge >= 0.3 is 5.97 Å². The Kier molecular flexibility index (Phi) is 3.33. The van der Waals surface area contributed by atoms with Gasteiger partial charge in [0, 0.05) is 0 Å². The quantitative estimate of drug-likeness (QED) is 0.839. The van der Waals surface area contributed by atoms with E-state index in [1.807, 2.05) is 0 Å². The summed E-state index contributed by atoms with van der Waals surface area (Å²) in [5.74, 6) is -0.695. The van der Waals surface area contributed by atoms with Crippen LogP contribution in [0.25, 0.3) is 0 Å². The molecule has 1 fully saturated rings. The molecule has 0 heterocycles. The van der Waals surface area contributed by atoms with Gasteiger partial charge in [0.15, 0.2) is 0 Å². The van der Waals surface area contributed by atoms with Gasteiger partial charge in [-0.25, -0.2) is 4.79 Å². The monoisotopic (exact) mass is 236 g/mol. The van der Waals surface area contributed by atoms with Crippen molar-refractivity contribution in [2.75, 3.05) is 6.61 Å². The van der Waals surface area contributed by atoms with Gasteiger partial charge in [-0.1, -0.05) is 25.0 Å². The number of para-hydroxylation sites is 1. The van der Waals surface area contributed by atoms with E-state index >= 15 is 0 Å². The molecule has 1 aromatic carbocycles. The maximum Gasteiger partial charge on any atom is 0.339 e. The molecule has 2 rings (SSSR count). The first kappa shape index (κ1) is 11.9. The van der Waals surface area contributed by atoms with E-state index in [4.69, 9.17) is 9.84 Å². The van der Waals surface area contributed by atoms with Crippen LogP contribution in [-0.2, 0) is 0 Å². The fourth-order valence-electron chi connectivity index (χ4n) is 2.16. The van der Waals surface area contributed by atoms with Crippen LogP contribution in [0, 0.1) is 0 Å². The van der Waals surface area contributed by atoms with Gasteiger partial charge in [0.1, 0.15) is 17.9 Å². The summed E-state index contributed by atoms with van der Waals surface area (Å²) in [6.45, 7) is 0.164. The van der Waals surface area contributed by atoms with E-state index in [0.717, 1.165) is 25.7 Å². The number of carbonyl (C=O) groups is 1. The molecule has 1 aliphatic rings. The van der Waals surface area contributed by atoms with Crippen molar-refractivity contribution in [3.63, 3.8) is 0 Å². The summed E-state index contributed by atoms with van der Waals surface area (Å²) in [5.41, 5.74) is -0.653. The number of rotatable bonds is 4. The molecule has 17 heavy (non-hydrogen) atoms. The number of hydrogen-bond donors (Lipinski definition) is 2. The van der Waals surface area contributed by atoms with Crippen molar-refractivity contribution < 1.29 is 19.7 Å². The van der Waals surface area contributed by atoms with Gasteiger partial charge in [0.25, 0.3) is 0 Å². The Morgan fingerprint density at radius 1 is 1.29 bits per heavy atom.